The van der Waals surface area contributed by atoms with Gasteiger partial charge >= 0.3 is 5.97 Å². The second-order valence-electron chi connectivity index (χ2n) is 7.44. The lowest BCUT2D eigenvalue weighted by atomic mass is 10.1. The third kappa shape index (κ3) is 6.93. The Balaban J connectivity index is 1.77. The molecule has 35 heavy (non-hydrogen) atoms. The van der Waals surface area contributed by atoms with Gasteiger partial charge in [0.15, 0.2) is 11.6 Å². The number of fused-ring (bicyclic) bond motifs is 1. The Labute approximate surface area is 200 Å². The summed E-state index contributed by atoms with van der Waals surface area (Å²) in [4.78, 5) is 34.1. The molecule has 9 nitrogen and oxygen atoms in total. The zero-order valence-corrected chi connectivity index (χ0v) is 19.5. The summed E-state index contributed by atoms with van der Waals surface area (Å²) in [5.41, 5.74) is 1.16. The number of carbonyl (C=O) groups is 2. The molecule has 0 atom stereocenters. The quantitative estimate of drug-likeness (QED) is 0.331. The van der Waals surface area contributed by atoms with Crippen molar-refractivity contribution in [1.29, 1.82) is 0 Å². The van der Waals surface area contributed by atoms with Crippen molar-refractivity contribution >= 4 is 40.0 Å². The van der Waals surface area contributed by atoms with Crippen molar-refractivity contribution in [2.75, 3.05) is 44.5 Å². The molecular formula is C24H25F2N5O4. The second-order valence-corrected chi connectivity index (χ2v) is 7.44. The number of carbonyl (C=O) groups excluding carboxylic acids is 2. The van der Waals surface area contributed by atoms with Crippen LogP contribution in [0.15, 0.2) is 48.8 Å². The molecule has 0 bridgehead atoms. The molecular weight excluding hydrogens is 460 g/mol. The molecule has 0 radical (unpaired) electrons. The van der Waals surface area contributed by atoms with Crippen LogP contribution in [0.3, 0.4) is 0 Å². The Kier molecular flexibility index (Phi) is 8.63. The number of hydrogen-bond acceptors (Lipinski definition) is 8. The van der Waals surface area contributed by atoms with Crippen LogP contribution >= 0.6 is 0 Å². The average Bonchev–Trinajstić information content (AvgIpc) is 2.81. The first-order valence-electron chi connectivity index (χ1n) is 10.7. The Morgan fingerprint density at radius 1 is 1.14 bits per heavy atom. The van der Waals surface area contributed by atoms with Crippen LogP contribution in [0, 0.1) is 11.6 Å². The van der Waals surface area contributed by atoms with E-state index in [1.54, 1.807) is 37.1 Å². The van der Waals surface area contributed by atoms with Gasteiger partial charge in [0, 0.05) is 35.8 Å². The lowest BCUT2D eigenvalue weighted by Crippen LogP contribution is -2.27. The van der Waals surface area contributed by atoms with Gasteiger partial charge in [-0.25, -0.2) is 18.7 Å². The van der Waals surface area contributed by atoms with Gasteiger partial charge in [0.25, 0.3) is 0 Å². The highest BCUT2D eigenvalue weighted by atomic mass is 19.2. The highest BCUT2D eigenvalue weighted by molar-refractivity contribution is 6.03. The van der Waals surface area contributed by atoms with Crippen molar-refractivity contribution in [3.8, 4) is 5.75 Å². The molecule has 0 saturated heterocycles. The number of ether oxygens (including phenoxy) is 2. The van der Waals surface area contributed by atoms with Crippen molar-refractivity contribution in [2.24, 2.45) is 0 Å². The first-order valence-corrected chi connectivity index (χ1v) is 10.7. The maximum Gasteiger partial charge on any atom is 0.320 e. The number of esters is 1. The summed E-state index contributed by atoms with van der Waals surface area (Å²) in [5.74, 6) is -2.02. The van der Waals surface area contributed by atoms with Crippen LogP contribution in [0.25, 0.3) is 10.9 Å². The summed E-state index contributed by atoms with van der Waals surface area (Å²) in [7, 11) is 3.19. The number of likely N-dealkylation sites (N-methyl/N-ethyl adjacent to an activating group) is 1. The lowest BCUT2D eigenvalue weighted by molar-refractivity contribution is -0.143. The number of anilines is 3. The third-order valence-corrected chi connectivity index (χ3v) is 4.79. The number of amides is 1. The Morgan fingerprint density at radius 2 is 1.94 bits per heavy atom. The molecule has 1 amide bonds. The fourth-order valence-electron chi connectivity index (χ4n) is 3.17. The Hall–Kier alpha value is -4.12. The summed E-state index contributed by atoms with van der Waals surface area (Å²) in [6.07, 6.45) is 4.27. The van der Waals surface area contributed by atoms with Crippen molar-refractivity contribution in [3.05, 3.63) is 60.4 Å². The summed E-state index contributed by atoms with van der Waals surface area (Å²) in [6, 6.07) is 6.64. The van der Waals surface area contributed by atoms with Crippen LogP contribution in [-0.4, -0.2) is 60.6 Å². The Morgan fingerprint density at radius 3 is 2.66 bits per heavy atom. The van der Waals surface area contributed by atoms with Gasteiger partial charge in [-0.05, 0) is 32.2 Å². The molecule has 0 saturated carbocycles. The van der Waals surface area contributed by atoms with Gasteiger partial charge in [-0.15, -0.1) is 0 Å². The lowest BCUT2D eigenvalue weighted by Gasteiger charge is -2.14. The van der Waals surface area contributed by atoms with Crippen molar-refractivity contribution in [2.45, 2.75) is 6.92 Å². The van der Waals surface area contributed by atoms with Crippen LogP contribution in [0.1, 0.15) is 6.92 Å². The van der Waals surface area contributed by atoms with E-state index >= 15 is 0 Å². The van der Waals surface area contributed by atoms with E-state index in [0.29, 0.717) is 47.0 Å². The highest BCUT2D eigenvalue weighted by Crippen LogP contribution is 2.33. The van der Waals surface area contributed by atoms with E-state index in [1.165, 1.54) is 25.6 Å². The van der Waals surface area contributed by atoms with E-state index in [-0.39, 0.29) is 12.5 Å². The fraction of sp³-hybridized carbons (Fsp3) is 0.250. The number of nitrogens with one attached hydrogen (secondary N) is 2. The monoisotopic (exact) mass is 485 g/mol. The minimum Gasteiger partial charge on any atom is -0.494 e. The molecule has 1 aromatic heterocycles. The van der Waals surface area contributed by atoms with Gasteiger partial charge in [-0.1, -0.05) is 6.08 Å². The average molecular weight is 485 g/mol. The smallest absolute Gasteiger partial charge is 0.320 e. The van der Waals surface area contributed by atoms with Crippen LogP contribution in [-0.2, 0) is 14.3 Å². The second kappa shape index (κ2) is 11.8. The van der Waals surface area contributed by atoms with Gasteiger partial charge in [0.2, 0.25) is 5.91 Å². The third-order valence-electron chi connectivity index (χ3n) is 4.79. The molecule has 1 heterocycles. The summed E-state index contributed by atoms with van der Waals surface area (Å²) < 4.78 is 37.1. The minimum atomic E-state index is -0.998. The molecule has 0 spiro atoms. The molecule has 3 rings (SSSR count). The van der Waals surface area contributed by atoms with Crippen molar-refractivity contribution < 1.29 is 27.8 Å². The van der Waals surface area contributed by atoms with E-state index in [0.717, 1.165) is 12.1 Å². The predicted molar refractivity (Wildman–Crippen MR) is 128 cm³/mol. The maximum atomic E-state index is 13.6. The number of nitrogens with zero attached hydrogens (tertiary/aromatic N) is 3. The normalized spacial score (nSPS) is 11.1. The minimum absolute atomic E-state index is 0.103. The number of methoxy groups -OCH3 is 1. The first-order chi connectivity index (χ1) is 16.8. The molecule has 0 aliphatic heterocycles. The molecule has 0 fully saturated rings. The molecule has 0 unspecified atom stereocenters. The van der Waals surface area contributed by atoms with Gasteiger partial charge in [0.05, 0.1) is 31.5 Å². The molecule has 184 valence electrons. The number of halogens is 2. The Bertz CT molecular complexity index is 1250. The van der Waals surface area contributed by atoms with E-state index in [4.69, 9.17) is 9.47 Å². The van der Waals surface area contributed by atoms with Crippen LogP contribution < -0.4 is 15.4 Å². The van der Waals surface area contributed by atoms with Crippen molar-refractivity contribution in [1.82, 2.24) is 14.9 Å². The number of benzene rings is 2. The standard InChI is InChI=1S/C24H25F2N5O4/c1-4-35-23(33)13-31(2)9-5-6-22(32)30-20-11-16-19(12-21(20)34-3)27-14-28-24(16)29-15-7-8-17(25)18(26)10-15/h5-8,10-12,14H,4,9,13H2,1-3H3,(H,30,32)(H,27,28,29). The van der Waals surface area contributed by atoms with Crippen LogP contribution in [0.2, 0.25) is 0 Å². The van der Waals surface area contributed by atoms with E-state index < -0.39 is 17.5 Å². The van der Waals surface area contributed by atoms with Crippen LogP contribution in [0.5, 0.6) is 5.75 Å². The van der Waals surface area contributed by atoms with Crippen molar-refractivity contribution in [3.63, 3.8) is 0 Å². The summed E-state index contributed by atoms with van der Waals surface area (Å²) in [6.45, 7) is 2.50. The molecule has 2 N–H and O–H groups in total. The fourth-order valence-corrected chi connectivity index (χ4v) is 3.17. The largest absolute Gasteiger partial charge is 0.494 e. The van der Waals surface area contributed by atoms with Gasteiger partial charge in [-0.2, -0.15) is 0 Å². The number of rotatable bonds is 10. The SMILES string of the molecule is CCOC(=O)CN(C)CC=CC(=O)Nc1cc2c(Nc3ccc(F)c(F)c3)ncnc2cc1OC. The zero-order valence-electron chi connectivity index (χ0n) is 19.5. The molecule has 0 aliphatic carbocycles. The van der Waals surface area contributed by atoms with Crippen LogP contribution in [0.4, 0.5) is 26.0 Å². The van der Waals surface area contributed by atoms with E-state index in [2.05, 4.69) is 20.6 Å². The molecule has 3 aromatic rings. The summed E-state index contributed by atoms with van der Waals surface area (Å²) >= 11 is 0. The van der Waals surface area contributed by atoms with E-state index in [9.17, 15) is 18.4 Å². The maximum absolute atomic E-state index is 13.6. The first kappa shape index (κ1) is 25.5. The zero-order chi connectivity index (χ0) is 25.4. The van der Waals surface area contributed by atoms with Gasteiger partial charge < -0.3 is 20.1 Å². The van der Waals surface area contributed by atoms with E-state index in [1.807, 2.05) is 0 Å². The molecule has 0 aliphatic rings. The van der Waals surface area contributed by atoms with Gasteiger partial charge in [0.1, 0.15) is 17.9 Å². The summed E-state index contributed by atoms with van der Waals surface area (Å²) in [5, 5.41) is 6.20. The predicted octanol–water partition coefficient (Wildman–Crippen LogP) is 3.65. The number of aromatic nitrogens is 2. The molecule has 2 aromatic carbocycles. The molecule has 11 heteroatoms. The highest BCUT2D eigenvalue weighted by Gasteiger charge is 2.13. The number of hydrogen-bond donors (Lipinski definition) is 2. The topological polar surface area (TPSA) is 106 Å². The van der Waals surface area contributed by atoms with Gasteiger partial charge in [-0.3, -0.25) is 14.5 Å².